The maximum Gasteiger partial charge on any atom is 0.331 e. The topological polar surface area (TPSA) is 96.8 Å². The van der Waals surface area contributed by atoms with Gasteiger partial charge in [0.2, 0.25) is 0 Å². The maximum atomic E-state index is 12.0. The van der Waals surface area contributed by atoms with Gasteiger partial charge in [-0.1, -0.05) is 6.07 Å². The van der Waals surface area contributed by atoms with Crippen molar-refractivity contribution in [3.05, 3.63) is 53.3 Å². The van der Waals surface area contributed by atoms with Crippen LogP contribution in [0.1, 0.15) is 29.9 Å². The first-order valence-corrected chi connectivity index (χ1v) is 9.05. The molecule has 0 saturated carbocycles. The van der Waals surface area contributed by atoms with E-state index in [-0.39, 0.29) is 12.5 Å². The first kappa shape index (κ1) is 20.2. The van der Waals surface area contributed by atoms with Crippen LogP contribution < -0.4 is 9.47 Å². The summed E-state index contributed by atoms with van der Waals surface area (Å²) in [5.74, 6) is 2.65. The van der Waals surface area contributed by atoms with Crippen molar-refractivity contribution in [2.24, 2.45) is 0 Å². The number of rotatable bonds is 8. The molecule has 3 aromatic rings. The van der Waals surface area contributed by atoms with E-state index in [0.29, 0.717) is 29.8 Å². The number of carbonyl (C=O) groups excluding carboxylic acids is 1. The second-order valence-corrected chi connectivity index (χ2v) is 6.11. The lowest BCUT2D eigenvalue weighted by Gasteiger charge is -2.09. The van der Waals surface area contributed by atoms with Crippen molar-refractivity contribution in [3.8, 4) is 23.0 Å². The third-order valence-corrected chi connectivity index (χ3v) is 3.98. The highest BCUT2D eigenvalue weighted by atomic mass is 16.5. The molecule has 0 aliphatic rings. The molecule has 0 atom stereocenters. The fourth-order valence-corrected chi connectivity index (χ4v) is 2.67. The van der Waals surface area contributed by atoms with E-state index in [1.807, 2.05) is 32.9 Å². The van der Waals surface area contributed by atoms with Crippen molar-refractivity contribution in [1.82, 2.24) is 10.2 Å². The Morgan fingerprint density at radius 1 is 1.14 bits per heavy atom. The monoisotopic (exact) mass is 398 g/mol. The lowest BCUT2D eigenvalue weighted by atomic mass is 10.2. The second-order valence-electron chi connectivity index (χ2n) is 6.11. The van der Waals surface area contributed by atoms with Crippen LogP contribution in [0.2, 0.25) is 0 Å². The van der Waals surface area contributed by atoms with Crippen LogP contribution in [-0.2, 0) is 16.1 Å². The van der Waals surface area contributed by atoms with Gasteiger partial charge in [0.05, 0.1) is 19.3 Å². The van der Waals surface area contributed by atoms with Crippen molar-refractivity contribution in [2.45, 2.75) is 27.4 Å². The van der Waals surface area contributed by atoms with Gasteiger partial charge in [-0.05, 0) is 50.6 Å². The van der Waals surface area contributed by atoms with Crippen molar-refractivity contribution in [2.75, 3.05) is 13.7 Å². The van der Waals surface area contributed by atoms with Crippen molar-refractivity contribution in [1.29, 1.82) is 0 Å². The maximum absolute atomic E-state index is 12.0. The predicted octanol–water partition coefficient (Wildman–Crippen LogP) is 4.11. The van der Waals surface area contributed by atoms with Crippen LogP contribution in [0.5, 0.6) is 11.5 Å². The Labute approximate surface area is 168 Å². The number of hydrogen-bond acceptors (Lipinski definition) is 8. The zero-order chi connectivity index (χ0) is 20.8. The van der Waals surface area contributed by atoms with Gasteiger partial charge in [0, 0.05) is 6.08 Å². The predicted molar refractivity (Wildman–Crippen MR) is 104 cm³/mol. The fraction of sp³-hybridized carbons (Fsp3) is 0.286. The molecule has 3 rings (SSSR count). The number of benzene rings is 1. The van der Waals surface area contributed by atoms with Crippen LogP contribution >= 0.6 is 0 Å². The molecule has 8 heteroatoms. The summed E-state index contributed by atoms with van der Waals surface area (Å²) in [6, 6.07) is 7.18. The van der Waals surface area contributed by atoms with E-state index >= 15 is 0 Å². The summed E-state index contributed by atoms with van der Waals surface area (Å²) in [5, 5.41) is 7.86. The molecule has 0 aliphatic carbocycles. The highest BCUT2D eigenvalue weighted by Gasteiger charge is 2.15. The number of carbonyl (C=O) groups is 1. The second kappa shape index (κ2) is 9.09. The van der Waals surface area contributed by atoms with E-state index in [1.165, 1.54) is 6.08 Å². The van der Waals surface area contributed by atoms with E-state index in [4.69, 9.17) is 23.0 Å². The van der Waals surface area contributed by atoms with E-state index in [1.54, 1.807) is 25.3 Å². The normalized spacial score (nSPS) is 11.0. The third kappa shape index (κ3) is 5.04. The third-order valence-electron chi connectivity index (χ3n) is 3.98. The van der Waals surface area contributed by atoms with E-state index in [9.17, 15) is 4.79 Å². The zero-order valence-electron chi connectivity index (χ0n) is 16.7. The Bertz CT molecular complexity index is 1020. The Morgan fingerprint density at radius 2 is 1.97 bits per heavy atom. The number of methoxy groups -OCH3 is 1. The van der Waals surface area contributed by atoms with Gasteiger partial charge in [-0.25, -0.2) is 4.79 Å². The largest absolute Gasteiger partial charge is 0.493 e. The first-order valence-electron chi connectivity index (χ1n) is 9.05. The minimum absolute atomic E-state index is 0.126. The molecule has 0 bridgehead atoms. The molecule has 152 valence electrons. The molecule has 0 spiro atoms. The average molecular weight is 398 g/mol. The van der Waals surface area contributed by atoms with Crippen LogP contribution in [0.15, 0.2) is 39.2 Å². The molecule has 8 nitrogen and oxygen atoms in total. The van der Waals surface area contributed by atoms with Crippen molar-refractivity contribution < 1.29 is 27.8 Å². The zero-order valence-corrected chi connectivity index (χ0v) is 16.7. The molecule has 1 aromatic carbocycles. The highest BCUT2D eigenvalue weighted by Crippen LogP contribution is 2.28. The summed E-state index contributed by atoms with van der Waals surface area (Å²) in [7, 11) is 1.56. The lowest BCUT2D eigenvalue weighted by molar-refractivity contribution is -0.139. The summed E-state index contributed by atoms with van der Waals surface area (Å²) >= 11 is 0. The number of aryl methyl sites for hydroxylation is 2. The van der Waals surface area contributed by atoms with Gasteiger partial charge in [0.15, 0.2) is 18.1 Å². The molecule has 0 radical (unpaired) electrons. The fourth-order valence-electron chi connectivity index (χ4n) is 2.67. The van der Waals surface area contributed by atoms with Crippen LogP contribution in [0.4, 0.5) is 0 Å². The summed E-state index contributed by atoms with van der Waals surface area (Å²) in [5.41, 5.74) is 1.49. The standard InChI is InChI=1S/C21H22N2O6/c1-5-26-17-8-6-15(11-18(17)25-4)7-9-20(24)27-12-19-22-23-21(29-19)16-10-13(2)28-14(16)3/h6-11H,5,12H2,1-4H3/b9-7+. The molecule has 2 aromatic heterocycles. The summed E-state index contributed by atoms with van der Waals surface area (Å²) in [6.07, 6.45) is 2.94. The molecular formula is C21H22N2O6. The Balaban J connectivity index is 1.58. The van der Waals surface area contributed by atoms with Crippen LogP contribution in [-0.4, -0.2) is 29.9 Å². The summed E-state index contributed by atoms with van der Waals surface area (Å²) in [6.45, 7) is 5.95. The number of furan rings is 1. The Hall–Kier alpha value is -3.55. The van der Waals surface area contributed by atoms with Gasteiger partial charge < -0.3 is 23.0 Å². The minimum atomic E-state index is -0.534. The number of ether oxygens (including phenoxy) is 3. The van der Waals surface area contributed by atoms with E-state index in [0.717, 1.165) is 16.9 Å². The minimum Gasteiger partial charge on any atom is -0.493 e. The molecule has 0 unspecified atom stereocenters. The molecule has 29 heavy (non-hydrogen) atoms. The number of esters is 1. The highest BCUT2D eigenvalue weighted by molar-refractivity contribution is 5.87. The molecule has 0 amide bonds. The van der Waals surface area contributed by atoms with Gasteiger partial charge >= 0.3 is 5.97 Å². The van der Waals surface area contributed by atoms with E-state index < -0.39 is 5.97 Å². The molecule has 0 fully saturated rings. The van der Waals surface area contributed by atoms with Gasteiger partial charge in [0.25, 0.3) is 11.8 Å². The molecule has 0 aliphatic heterocycles. The number of hydrogen-bond donors (Lipinski definition) is 0. The molecule has 0 saturated heterocycles. The number of nitrogens with zero attached hydrogens (tertiary/aromatic N) is 2. The smallest absolute Gasteiger partial charge is 0.331 e. The van der Waals surface area contributed by atoms with Gasteiger partial charge in [-0.2, -0.15) is 0 Å². The first-order chi connectivity index (χ1) is 14.0. The van der Waals surface area contributed by atoms with Gasteiger partial charge in [-0.15, -0.1) is 10.2 Å². The van der Waals surface area contributed by atoms with Crippen LogP contribution in [0.3, 0.4) is 0 Å². The van der Waals surface area contributed by atoms with Gasteiger partial charge in [-0.3, -0.25) is 0 Å². The summed E-state index contributed by atoms with van der Waals surface area (Å²) < 4.78 is 26.9. The lowest BCUT2D eigenvalue weighted by Crippen LogP contribution is -2.01. The molecule has 2 heterocycles. The van der Waals surface area contributed by atoms with Gasteiger partial charge in [0.1, 0.15) is 11.5 Å². The Morgan fingerprint density at radius 3 is 2.66 bits per heavy atom. The number of aromatic nitrogens is 2. The van der Waals surface area contributed by atoms with Crippen LogP contribution in [0.25, 0.3) is 17.5 Å². The van der Waals surface area contributed by atoms with Crippen molar-refractivity contribution in [3.63, 3.8) is 0 Å². The molecule has 0 N–H and O–H groups in total. The van der Waals surface area contributed by atoms with Crippen LogP contribution in [0, 0.1) is 13.8 Å². The summed E-state index contributed by atoms with van der Waals surface area (Å²) in [4.78, 5) is 12.0. The molecular weight excluding hydrogens is 376 g/mol. The Kier molecular flexibility index (Phi) is 6.33. The van der Waals surface area contributed by atoms with Crippen molar-refractivity contribution >= 4 is 12.0 Å². The SMILES string of the molecule is CCOc1ccc(/C=C/C(=O)OCc2nnc(-c3cc(C)oc3C)o2)cc1OC. The average Bonchev–Trinajstić information content (AvgIpc) is 3.31. The quantitative estimate of drug-likeness (QED) is 0.413. The van der Waals surface area contributed by atoms with E-state index in [2.05, 4.69) is 10.2 Å².